The maximum atomic E-state index is 13.3. The number of esters is 1. The highest BCUT2D eigenvalue weighted by Gasteiger charge is 2.22. The number of hydrogen-bond donors (Lipinski definition) is 2. The lowest BCUT2D eigenvalue weighted by Gasteiger charge is -2.23. The number of para-hydroxylation sites is 1. The van der Waals surface area contributed by atoms with Crippen LogP contribution in [0, 0.1) is 13.8 Å². The second kappa shape index (κ2) is 9.58. The molecule has 9 heteroatoms. The molecule has 1 atom stereocenters. The van der Waals surface area contributed by atoms with Gasteiger partial charge in [-0.15, -0.1) is 0 Å². The number of aryl methyl sites for hydroxylation is 2. The van der Waals surface area contributed by atoms with Gasteiger partial charge >= 0.3 is 11.7 Å². The summed E-state index contributed by atoms with van der Waals surface area (Å²) in [6.45, 7) is 11.2. The lowest BCUT2D eigenvalue weighted by atomic mass is 10.0. The van der Waals surface area contributed by atoms with E-state index in [9.17, 15) is 14.4 Å². The van der Waals surface area contributed by atoms with Gasteiger partial charge in [0.1, 0.15) is 11.2 Å². The number of carbonyl (C=O) groups excluding carboxylic acids is 1. The number of aromatic amines is 1. The van der Waals surface area contributed by atoms with Crippen LogP contribution in [0.4, 0.5) is 5.69 Å². The Labute approximate surface area is 224 Å². The molecular formula is C30H30N4O5. The van der Waals surface area contributed by atoms with Gasteiger partial charge in [-0.05, 0) is 83.0 Å². The number of fused-ring (bicyclic) bond motifs is 2. The van der Waals surface area contributed by atoms with Crippen molar-refractivity contribution in [2.24, 2.45) is 0 Å². The maximum Gasteiger partial charge on any atom is 0.417 e. The molecule has 0 aliphatic carbocycles. The molecule has 0 radical (unpaired) electrons. The minimum absolute atomic E-state index is 0.236. The van der Waals surface area contributed by atoms with E-state index in [4.69, 9.17) is 14.1 Å². The van der Waals surface area contributed by atoms with Gasteiger partial charge < -0.3 is 14.5 Å². The monoisotopic (exact) mass is 526 g/mol. The summed E-state index contributed by atoms with van der Waals surface area (Å²) >= 11 is 0. The first-order chi connectivity index (χ1) is 18.4. The van der Waals surface area contributed by atoms with Gasteiger partial charge in [-0.1, -0.05) is 12.1 Å². The zero-order valence-electron chi connectivity index (χ0n) is 22.7. The Morgan fingerprint density at radius 1 is 1.10 bits per heavy atom. The van der Waals surface area contributed by atoms with E-state index < -0.39 is 17.3 Å². The van der Waals surface area contributed by atoms with Crippen molar-refractivity contribution in [3.63, 3.8) is 0 Å². The van der Waals surface area contributed by atoms with Gasteiger partial charge in [0.05, 0.1) is 22.8 Å². The highest BCUT2D eigenvalue weighted by atomic mass is 16.6. The second-order valence-corrected chi connectivity index (χ2v) is 10.7. The number of nitrogens with one attached hydrogen (secondary N) is 2. The van der Waals surface area contributed by atoms with Crippen molar-refractivity contribution >= 4 is 28.4 Å². The number of carbonyl (C=O) groups is 1. The molecular weight excluding hydrogens is 496 g/mol. The molecule has 9 nitrogen and oxygen atoms in total. The van der Waals surface area contributed by atoms with Gasteiger partial charge in [0, 0.05) is 29.1 Å². The number of ether oxygens (including phenoxy) is 1. The van der Waals surface area contributed by atoms with Crippen LogP contribution in [-0.4, -0.2) is 25.9 Å². The molecule has 39 heavy (non-hydrogen) atoms. The summed E-state index contributed by atoms with van der Waals surface area (Å²) in [6.07, 6.45) is 1.75. The Morgan fingerprint density at radius 2 is 1.85 bits per heavy atom. The zero-order chi connectivity index (χ0) is 28.1. The molecule has 0 fully saturated rings. The summed E-state index contributed by atoms with van der Waals surface area (Å²) in [5.41, 5.74) is 5.22. The lowest BCUT2D eigenvalue weighted by Crippen LogP contribution is -2.25. The van der Waals surface area contributed by atoms with Crippen molar-refractivity contribution in [2.75, 3.05) is 5.32 Å². The van der Waals surface area contributed by atoms with E-state index in [0.717, 1.165) is 16.7 Å². The lowest BCUT2D eigenvalue weighted by molar-refractivity contribution is 0.00706. The van der Waals surface area contributed by atoms with Crippen molar-refractivity contribution in [3.8, 4) is 11.3 Å². The smallest absolute Gasteiger partial charge is 0.417 e. The normalized spacial score (nSPS) is 12.6. The van der Waals surface area contributed by atoms with Crippen LogP contribution in [0.15, 0.2) is 68.7 Å². The molecule has 2 N–H and O–H groups in total. The first-order valence-electron chi connectivity index (χ1n) is 12.7. The van der Waals surface area contributed by atoms with Crippen LogP contribution in [0.2, 0.25) is 0 Å². The minimum Gasteiger partial charge on any atom is -0.456 e. The molecule has 0 aliphatic rings. The van der Waals surface area contributed by atoms with Gasteiger partial charge in [0.25, 0.3) is 5.56 Å². The molecule has 3 heterocycles. The van der Waals surface area contributed by atoms with Crippen molar-refractivity contribution in [2.45, 2.75) is 53.2 Å². The SMILES string of the molecule is Cc1cc(C(C)Nc2ccccc2C(=O)OC(C)(C)C)c2nc(-c3cc(C)c4oc(=O)[nH]c4c3)cc(=O)n2c1. The third-order valence-electron chi connectivity index (χ3n) is 6.31. The molecule has 3 aromatic heterocycles. The van der Waals surface area contributed by atoms with E-state index >= 15 is 0 Å². The average Bonchev–Trinajstić information content (AvgIpc) is 3.24. The number of benzene rings is 2. The molecule has 5 rings (SSSR count). The van der Waals surface area contributed by atoms with E-state index in [-0.39, 0.29) is 11.6 Å². The van der Waals surface area contributed by atoms with Crippen molar-refractivity contribution in [1.29, 1.82) is 0 Å². The van der Waals surface area contributed by atoms with E-state index in [2.05, 4.69) is 10.3 Å². The first kappa shape index (κ1) is 26.0. The summed E-state index contributed by atoms with van der Waals surface area (Å²) in [6, 6.07) is 13.9. The van der Waals surface area contributed by atoms with E-state index in [1.807, 2.05) is 65.8 Å². The predicted molar refractivity (Wildman–Crippen MR) is 150 cm³/mol. The summed E-state index contributed by atoms with van der Waals surface area (Å²) in [5.74, 6) is -0.965. The van der Waals surface area contributed by atoms with Crippen molar-refractivity contribution in [1.82, 2.24) is 14.4 Å². The van der Waals surface area contributed by atoms with E-state index in [0.29, 0.717) is 39.3 Å². The summed E-state index contributed by atoms with van der Waals surface area (Å²) in [4.78, 5) is 45.4. The number of hydrogen-bond acceptors (Lipinski definition) is 7. The highest BCUT2D eigenvalue weighted by Crippen LogP contribution is 2.29. The van der Waals surface area contributed by atoms with Crippen LogP contribution in [0.1, 0.15) is 60.8 Å². The Bertz CT molecular complexity index is 1860. The molecule has 0 saturated heterocycles. The number of pyridine rings is 1. The van der Waals surface area contributed by atoms with E-state index in [1.54, 1.807) is 24.4 Å². The summed E-state index contributed by atoms with van der Waals surface area (Å²) < 4.78 is 12.3. The molecule has 0 aliphatic heterocycles. The van der Waals surface area contributed by atoms with Gasteiger partial charge in [0.2, 0.25) is 0 Å². The minimum atomic E-state index is -0.630. The number of nitrogens with zero attached hydrogens (tertiary/aromatic N) is 2. The van der Waals surface area contributed by atoms with Crippen LogP contribution in [0.5, 0.6) is 0 Å². The van der Waals surface area contributed by atoms with Crippen LogP contribution < -0.4 is 16.6 Å². The first-order valence-corrected chi connectivity index (χ1v) is 12.7. The summed E-state index contributed by atoms with van der Waals surface area (Å²) in [7, 11) is 0. The Balaban J connectivity index is 1.59. The molecule has 2 aromatic carbocycles. The van der Waals surface area contributed by atoms with Crippen LogP contribution in [0.3, 0.4) is 0 Å². The quantitative estimate of drug-likeness (QED) is 0.289. The largest absolute Gasteiger partial charge is 0.456 e. The Morgan fingerprint density at radius 3 is 2.59 bits per heavy atom. The zero-order valence-corrected chi connectivity index (χ0v) is 22.7. The fraction of sp³-hybridized carbons (Fsp3) is 0.267. The molecule has 0 amide bonds. The Kier molecular flexibility index (Phi) is 6.38. The molecule has 0 bridgehead atoms. The number of oxazole rings is 1. The standard InChI is InChI=1S/C30H30N4O5/c1-16-11-21(18(3)31-22-10-8-7-9-20(22)28(36)39-30(4,5)6)27-32-23(14-25(35)34(27)15-16)19-12-17(2)26-24(13-19)33-29(37)38-26/h7-15,18,31H,1-6H3,(H,33,37). The fourth-order valence-electron chi connectivity index (χ4n) is 4.65. The maximum absolute atomic E-state index is 13.3. The number of rotatable bonds is 5. The second-order valence-electron chi connectivity index (χ2n) is 10.7. The molecule has 1 unspecified atom stereocenters. The van der Waals surface area contributed by atoms with E-state index in [1.165, 1.54) is 10.5 Å². The molecule has 5 aromatic rings. The topological polar surface area (TPSA) is 119 Å². The predicted octanol–water partition coefficient (Wildman–Crippen LogP) is 5.54. The highest BCUT2D eigenvalue weighted by molar-refractivity contribution is 5.96. The van der Waals surface area contributed by atoms with Gasteiger partial charge in [0.15, 0.2) is 5.58 Å². The molecule has 200 valence electrons. The fourth-order valence-corrected chi connectivity index (χ4v) is 4.65. The third kappa shape index (κ3) is 5.20. The van der Waals surface area contributed by atoms with Crippen LogP contribution in [0.25, 0.3) is 28.0 Å². The number of aromatic nitrogens is 3. The van der Waals surface area contributed by atoms with Gasteiger partial charge in [-0.2, -0.15) is 0 Å². The van der Waals surface area contributed by atoms with Crippen molar-refractivity contribution in [3.05, 3.63) is 97.9 Å². The average molecular weight is 527 g/mol. The van der Waals surface area contributed by atoms with Crippen LogP contribution in [-0.2, 0) is 4.74 Å². The molecule has 0 spiro atoms. The third-order valence-corrected chi connectivity index (χ3v) is 6.31. The summed E-state index contributed by atoms with van der Waals surface area (Å²) in [5, 5.41) is 3.42. The molecule has 0 saturated carbocycles. The Hall–Kier alpha value is -4.66. The number of H-pyrrole nitrogens is 1. The van der Waals surface area contributed by atoms with Crippen molar-refractivity contribution < 1.29 is 13.9 Å². The van der Waals surface area contributed by atoms with Gasteiger partial charge in [-0.3, -0.25) is 14.2 Å². The number of anilines is 1. The van der Waals surface area contributed by atoms with Crippen LogP contribution >= 0.6 is 0 Å². The van der Waals surface area contributed by atoms with Gasteiger partial charge in [-0.25, -0.2) is 14.6 Å².